The van der Waals surface area contributed by atoms with Crippen molar-refractivity contribution in [2.75, 3.05) is 6.61 Å². The summed E-state index contributed by atoms with van der Waals surface area (Å²) >= 11 is 0. The molecule has 21 heavy (non-hydrogen) atoms. The van der Waals surface area contributed by atoms with E-state index in [4.69, 9.17) is 10.5 Å². The summed E-state index contributed by atoms with van der Waals surface area (Å²) in [5.74, 6) is 0. The van der Waals surface area contributed by atoms with Gasteiger partial charge in [0.1, 0.15) is 0 Å². The van der Waals surface area contributed by atoms with Gasteiger partial charge in [-0.3, -0.25) is 8.37 Å². The Balaban J connectivity index is 0. The van der Waals surface area contributed by atoms with Gasteiger partial charge in [0.05, 0.1) is 24.9 Å². The summed E-state index contributed by atoms with van der Waals surface area (Å²) in [6, 6.07) is -1.33. The topological polar surface area (TPSA) is 188 Å². The normalized spacial score (nSPS) is 30.1. The van der Waals surface area contributed by atoms with E-state index < -0.39 is 51.9 Å². The fraction of sp³-hybridized carbons (Fsp3) is 1.00. The first-order valence-electron chi connectivity index (χ1n) is 4.81. The Kier molecular flexibility index (Phi) is 11.6. The predicted octanol–water partition coefficient (Wildman–Crippen LogP) is -9.25. The SMILES string of the molecule is NC1C(O)OC(COS(=O)(=O)[O-])C[C@@H]1OS(=O)(=O)[O-].[Na+].[Na+]. The van der Waals surface area contributed by atoms with E-state index >= 15 is 0 Å². The summed E-state index contributed by atoms with van der Waals surface area (Å²) in [7, 11) is -10.0. The molecule has 1 aliphatic heterocycles. The minimum Gasteiger partial charge on any atom is -0.726 e. The molecule has 3 unspecified atom stereocenters. The average molecular weight is 367 g/mol. The standard InChI is InChI=1S/C6H13NO10S2.2Na/c7-5-4(17-19(12,13)14)1-3(16-6(5)8)2-15-18(9,10)11;;/h3-6,8H,1-2,7H2,(H,9,10,11)(H,12,13,14);;/q;2*+1/p-2/t3?,4-,5?,6?;;/m0../s1. The van der Waals surface area contributed by atoms with Gasteiger partial charge in [0.15, 0.2) is 6.29 Å². The minimum atomic E-state index is -5.06. The third-order valence-electron chi connectivity index (χ3n) is 2.23. The maximum Gasteiger partial charge on any atom is 1.00 e. The average Bonchev–Trinajstić information content (AvgIpc) is 2.19. The molecule has 0 aliphatic carbocycles. The van der Waals surface area contributed by atoms with Crippen molar-refractivity contribution < 1.29 is 103 Å². The molecule has 1 heterocycles. The maximum atomic E-state index is 10.4. The number of aliphatic hydroxyl groups is 1. The molecular formula is C6H11NNa2O10S2. The molecule has 0 saturated carbocycles. The van der Waals surface area contributed by atoms with Crippen molar-refractivity contribution in [3.8, 4) is 0 Å². The molecule has 0 bridgehead atoms. The van der Waals surface area contributed by atoms with E-state index in [9.17, 15) is 31.0 Å². The van der Waals surface area contributed by atoms with Crippen LogP contribution in [0.3, 0.4) is 0 Å². The Labute approximate surface area is 166 Å². The molecule has 0 radical (unpaired) electrons. The Morgan fingerprint density at radius 3 is 2.14 bits per heavy atom. The van der Waals surface area contributed by atoms with Crippen LogP contribution in [-0.4, -0.2) is 62.2 Å². The predicted molar refractivity (Wildman–Crippen MR) is 53.7 cm³/mol. The van der Waals surface area contributed by atoms with E-state index in [2.05, 4.69) is 8.37 Å². The molecule has 4 atom stereocenters. The van der Waals surface area contributed by atoms with Crippen molar-refractivity contribution >= 4 is 20.8 Å². The largest absolute Gasteiger partial charge is 1.00 e. The van der Waals surface area contributed by atoms with Crippen molar-refractivity contribution in [2.45, 2.75) is 31.0 Å². The Bertz CT molecular complexity index is 510. The van der Waals surface area contributed by atoms with Crippen LogP contribution in [0.4, 0.5) is 0 Å². The van der Waals surface area contributed by atoms with Crippen LogP contribution in [0.15, 0.2) is 0 Å². The molecule has 0 aromatic heterocycles. The maximum absolute atomic E-state index is 10.4. The zero-order valence-corrected chi connectivity index (χ0v) is 16.9. The molecule has 0 aromatic rings. The van der Waals surface area contributed by atoms with Gasteiger partial charge in [-0.05, 0) is 0 Å². The summed E-state index contributed by atoms with van der Waals surface area (Å²) in [5.41, 5.74) is 5.35. The molecule has 114 valence electrons. The van der Waals surface area contributed by atoms with Crippen LogP contribution in [0.1, 0.15) is 6.42 Å². The van der Waals surface area contributed by atoms with E-state index in [0.29, 0.717) is 0 Å². The van der Waals surface area contributed by atoms with Gasteiger partial charge in [-0.1, -0.05) is 0 Å². The van der Waals surface area contributed by atoms with E-state index in [1.165, 1.54) is 0 Å². The van der Waals surface area contributed by atoms with E-state index in [1.807, 2.05) is 0 Å². The van der Waals surface area contributed by atoms with Crippen LogP contribution in [0, 0.1) is 0 Å². The first-order valence-corrected chi connectivity index (χ1v) is 7.48. The monoisotopic (exact) mass is 367 g/mol. The van der Waals surface area contributed by atoms with Crippen LogP contribution < -0.4 is 64.8 Å². The molecule has 0 aromatic carbocycles. The number of aliphatic hydroxyl groups excluding tert-OH is 1. The van der Waals surface area contributed by atoms with Crippen LogP contribution in [0.2, 0.25) is 0 Å². The summed E-state index contributed by atoms with van der Waals surface area (Å²) in [4.78, 5) is 0. The second-order valence-corrected chi connectivity index (χ2v) is 5.76. The molecule has 11 nitrogen and oxygen atoms in total. The molecule has 1 aliphatic rings. The molecule has 1 saturated heterocycles. The van der Waals surface area contributed by atoms with E-state index in [-0.39, 0.29) is 65.5 Å². The molecule has 15 heteroatoms. The van der Waals surface area contributed by atoms with Crippen molar-refractivity contribution in [3.05, 3.63) is 0 Å². The van der Waals surface area contributed by atoms with Crippen molar-refractivity contribution in [1.29, 1.82) is 0 Å². The van der Waals surface area contributed by atoms with Gasteiger partial charge in [0.25, 0.3) is 0 Å². The third kappa shape index (κ3) is 10.2. The van der Waals surface area contributed by atoms with Gasteiger partial charge in [0, 0.05) is 6.42 Å². The Morgan fingerprint density at radius 2 is 1.71 bits per heavy atom. The fourth-order valence-corrected chi connectivity index (χ4v) is 2.29. The summed E-state index contributed by atoms with van der Waals surface area (Å²) in [5, 5.41) is 9.34. The van der Waals surface area contributed by atoms with Gasteiger partial charge in [-0.15, -0.1) is 0 Å². The summed E-state index contributed by atoms with van der Waals surface area (Å²) in [6.45, 7) is -0.769. The molecule has 1 fully saturated rings. The second-order valence-electron chi connectivity index (χ2n) is 3.70. The number of rotatable bonds is 5. The van der Waals surface area contributed by atoms with Crippen LogP contribution >= 0.6 is 0 Å². The van der Waals surface area contributed by atoms with Crippen molar-refractivity contribution in [3.63, 3.8) is 0 Å². The number of hydrogen-bond donors (Lipinski definition) is 2. The van der Waals surface area contributed by atoms with Gasteiger partial charge in [-0.25, -0.2) is 16.8 Å². The van der Waals surface area contributed by atoms with E-state index in [0.717, 1.165) is 0 Å². The smallest absolute Gasteiger partial charge is 0.726 e. The van der Waals surface area contributed by atoms with Gasteiger partial charge in [-0.2, -0.15) is 0 Å². The first kappa shape index (κ1) is 24.9. The van der Waals surface area contributed by atoms with Gasteiger partial charge >= 0.3 is 59.1 Å². The Hall–Kier alpha value is 1.62. The summed E-state index contributed by atoms with van der Waals surface area (Å²) < 4.78 is 74.8. The zero-order chi connectivity index (χ0) is 14.8. The van der Waals surface area contributed by atoms with Crippen LogP contribution in [0.25, 0.3) is 0 Å². The van der Waals surface area contributed by atoms with Crippen molar-refractivity contribution in [2.24, 2.45) is 5.73 Å². The zero-order valence-electron chi connectivity index (χ0n) is 11.2. The third-order valence-corrected chi connectivity index (χ3v) is 3.13. The Morgan fingerprint density at radius 1 is 1.19 bits per heavy atom. The number of hydrogen-bond acceptors (Lipinski definition) is 11. The quantitative estimate of drug-likeness (QED) is 0.267. The van der Waals surface area contributed by atoms with Crippen LogP contribution in [-0.2, 0) is 33.9 Å². The fourth-order valence-electron chi connectivity index (χ4n) is 1.46. The first-order chi connectivity index (χ1) is 8.48. The molecule has 0 spiro atoms. The van der Waals surface area contributed by atoms with Crippen LogP contribution in [0.5, 0.6) is 0 Å². The molecule has 1 rings (SSSR count). The summed E-state index contributed by atoms with van der Waals surface area (Å²) in [6.07, 6.45) is -4.65. The van der Waals surface area contributed by atoms with Crippen molar-refractivity contribution in [1.82, 2.24) is 0 Å². The second kappa shape index (κ2) is 9.80. The number of nitrogens with two attached hydrogens (primary N) is 1. The minimum absolute atomic E-state index is 0. The number of ether oxygens (including phenoxy) is 1. The van der Waals surface area contributed by atoms with Gasteiger partial charge < -0.3 is 24.7 Å². The van der Waals surface area contributed by atoms with E-state index in [1.54, 1.807) is 0 Å². The van der Waals surface area contributed by atoms with Gasteiger partial charge in [0.2, 0.25) is 20.8 Å². The molecule has 3 N–H and O–H groups in total. The molecule has 0 amide bonds. The molecular weight excluding hydrogens is 356 g/mol.